The lowest BCUT2D eigenvalue weighted by Gasteiger charge is -2.10. The van der Waals surface area contributed by atoms with Gasteiger partial charge in [0.1, 0.15) is 0 Å². The van der Waals surface area contributed by atoms with Gasteiger partial charge in [0.05, 0.1) is 29.8 Å². The summed E-state index contributed by atoms with van der Waals surface area (Å²) in [6, 6.07) is 6.36. The number of benzene rings is 1. The second-order valence-corrected chi connectivity index (χ2v) is 5.60. The molecule has 0 bridgehead atoms. The molecule has 0 unspecified atom stereocenters. The van der Waals surface area contributed by atoms with Crippen molar-refractivity contribution < 1.29 is 23.1 Å². The first-order valence-corrected chi connectivity index (χ1v) is 7.52. The number of hydrogen-bond acceptors (Lipinski definition) is 4. The Balaban J connectivity index is 1.97. The zero-order valence-electron chi connectivity index (χ0n) is 11.8. The third-order valence-electron chi connectivity index (χ3n) is 2.89. The van der Waals surface area contributed by atoms with Crippen LogP contribution in [0.1, 0.15) is 11.1 Å². The van der Waals surface area contributed by atoms with E-state index in [4.69, 9.17) is 5.11 Å². The van der Waals surface area contributed by atoms with Crippen LogP contribution >= 0.6 is 11.8 Å². The van der Waals surface area contributed by atoms with Crippen LogP contribution in [0.5, 0.6) is 0 Å². The maximum Gasteiger partial charge on any atom is 0.416 e. The van der Waals surface area contributed by atoms with Gasteiger partial charge in [0.2, 0.25) is 5.91 Å². The van der Waals surface area contributed by atoms with Crippen LogP contribution in [0.4, 0.5) is 18.9 Å². The van der Waals surface area contributed by atoms with E-state index in [1.54, 1.807) is 6.07 Å². The van der Waals surface area contributed by atoms with E-state index in [9.17, 15) is 18.0 Å². The third-order valence-corrected chi connectivity index (χ3v) is 3.88. The van der Waals surface area contributed by atoms with Crippen molar-refractivity contribution in [2.45, 2.75) is 17.7 Å². The van der Waals surface area contributed by atoms with Crippen LogP contribution in [0, 0.1) is 0 Å². The Morgan fingerprint density at radius 3 is 2.78 bits per heavy atom. The number of aliphatic hydroxyl groups excluding tert-OH is 1. The number of carbonyl (C=O) groups is 1. The molecular formula is C15H13F3N2O2S. The van der Waals surface area contributed by atoms with Gasteiger partial charge in [0.15, 0.2) is 0 Å². The summed E-state index contributed by atoms with van der Waals surface area (Å²) in [5.41, 5.74) is 0.139. The summed E-state index contributed by atoms with van der Waals surface area (Å²) in [5, 5.41) is 11.7. The van der Waals surface area contributed by atoms with Gasteiger partial charge in [0.25, 0.3) is 0 Å². The van der Waals surface area contributed by atoms with Crippen molar-refractivity contribution in [3.8, 4) is 0 Å². The number of aromatic nitrogens is 1. The van der Waals surface area contributed by atoms with Gasteiger partial charge in [-0.15, -0.1) is 11.8 Å². The smallest absolute Gasteiger partial charge is 0.392 e. The molecule has 4 nitrogen and oxygen atoms in total. The number of thioether (sulfide) groups is 1. The number of carbonyl (C=O) groups excluding carboxylic acids is 1. The van der Waals surface area contributed by atoms with Crippen molar-refractivity contribution in [3.05, 3.63) is 53.9 Å². The van der Waals surface area contributed by atoms with Gasteiger partial charge < -0.3 is 10.4 Å². The molecule has 8 heteroatoms. The zero-order valence-corrected chi connectivity index (χ0v) is 12.6. The quantitative estimate of drug-likeness (QED) is 0.818. The van der Waals surface area contributed by atoms with Gasteiger partial charge >= 0.3 is 6.18 Å². The van der Waals surface area contributed by atoms with E-state index in [1.807, 2.05) is 0 Å². The molecule has 0 spiro atoms. The summed E-state index contributed by atoms with van der Waals surface area (Å²) < 4.78 is 37.9. The molecule has 0 aliphatic rings. The van der Waals surface area contributed by atoms with Gasteiger partial charge in [-0.25, -0.2) is 0 Å². The average Bonchev–Trinajstić information content (AvgIpc) is 2.53. The number of pyridine rings is 1. The summed E-state index contributed by atoms with van der Waals surface area (Å²) in [7, 11) is 0. The first-order chi connectivity index (χ1) is 10.9. The highest BCUT2D eigenvalue weighted by molar-refractivity contribution is 8.00. The van der Waals surface area contributed by atoms with Crippen molar-refractivity contribution in [3.63, 3.8) is 0 Å². The van der Waals surface area contributed by atoms with Gasteiger partial charge in [-0.05, 0) is 24.3 Å². The lowest BCUT2D eigenvalue weighted by molar-refractivity contribution is -0.137. The number of nitrogens with zero attached hydrogens (tertiary/aromatic N) is 1. The van der Waals surface area contributed by atoms with Crippen LogP contribution in [-0.2, 0) is 17.6 Å². The van der Waals surface area contributed by atoms with Crippen LogP contribution in [0.2, 0.25) is 0 Å². The first-order valence-electron chi connectivity index (χ1n) is 6.54. The van der Waals surface area contributed by atoms with Crippen molar-refractivity contribution >= 4 is 23.4 Å². The van der Waals surface area contributed by atoms with E-state index in [0.29, 0.717) is 16.1 Å². The Bertz CT molecular complexity index is 692. The number of hydrogen-bond donors (Lipinski definition) is 2. The molecule has 0 fully saturated rings. The minimum absolute atomic E-state index is 0.0545. The third kappa shape index (κ3) is 4.97. The van der Waals surface area contributed by atoms with E-state index in [2.05, 4.69) is 10.3 Å². The number of anilines is 1. The fourth-order valence-electron chi connectivity index (χ4n) is 1.77. The van der Waals surface area contributed by atoms with E-state index in [0.717, 1.165) is 23.9 Å². The number of nitrogens with one attached hydrogen (secondary N) is 1. The Morgan fingerprint density at radius 1 is 1.30 bits per heavy atom. The Morgan fingerprint density at radius 2 is 2.09 bits per heavy atom. The number of amides is 1. The van der Waals surface area contributed by atoms with E-state index >= 15 is 0 Å². The van der Waals surface area contributed by atoms with Crippen molar-refractivity contribution in [1.82, 2.24) is 4.98 Å². The normalized spacial score (nSPS) is 11.3. The zero-order chi connectivity index (χ0) is 16.9. The highest BCUT2D eigenvalue weighted by atomic mass is 32.2. The lowest BCUT2D eigenvalue weighted by Crippen LogP contribution is -2.15. The predicted octanol–water partition coefficient (Wildman–Crippen LogP) is 3.32. The fraction of sp³-hybridized carbons (Fsp3) is 0.200. The second-order valence-electron chi connectivity index (χ2n) is 4.55. The predicted molar refractivity (Wildman–Crippen MR) is 81.0 cm³/mol. The standard InChI is InChI=1S/C15H13F3N2O2S/c16-15(17,18)11-2-1-3-12(6-11)23-9-14(22)20-13-7-19-5-4-10(13)8-21/h1-7,21H,8-9H2,(H,20,22). The highest BCUT2D eigenvalue weighted by Gasteiger charge is 2.30. The Kier molecular flexibility index (Phi) is 5.62. The largest absolute Gasteiger partial charge is 0.416 e. The van der Waals surface area contributed by atoms with E-state index in [-0.39, 0.29) is 12.4 Å². The van der Waals surface area contributed by atoms with Crippen molar-refractivity contribution in [2.24, 2.45) is 0 Å². The summed E-state index contributed by atoms with van der Waals surface area (Å²) in [6.45, 7) is -0.251. The number of aliphatic hydroxyl groups is 1. The summed E-state index contributed by atoms with van der Waals surface area (Å²) in [5.74, 6) is -0.448. The molecule has 0 aliphatic carbocycles. The molecule has 1 heterocycles. The monoisotopic (exact) mass is 342 g/mol. The van der Waals surface area contributed by atoms with Gasteiger partial charge in [-0.2, -0.15) is 13.2 Å². The molecule has 2 N–H and O–H groups in total. The molecule has 1 amide bonds. The topological polar surface area (TPSA) is 62.2 Å². The number of alkyl halides is 3. The molecule has 0 saturated heterocycles. The molecule has 2 rings (SSSR count). The van der Waals surface area contributed by atoms with Gasteiger partial charge in [0, 0.05) is 16.7 Å². The van der Waals surface area contributed by atoms with E-state index < -0.39 is 17.6 Å². The minimum Gasteiger partial charge on any atom is -0.392 e. The summed E-state index contributed by atoms with van der Waals surface area (Å²) >= 11 is 0.997. The minimum atomic E-state index is -4.41. The van der Waals surface area contributed by atoms with Crippen molar-refractivity contribution in [1.29, 1.82) is 0 Å². The van der Waals surface area contributed by atoms with Crippen LogP contribution in [0.15, 0.2) is 47.6 Å². The summed E-state index contributed by atoms with van der Waals surface area (Å²) in [6.07, 6.45) is -1.53. The van der Waals surface area contributed by atoms with Crippen LogP contribution in [-0.4, -0.2) is 21.8 Å². The average molecular weight is 342 g/mol. The Labute approximate surface area is 134 Å². The van der Waals surface area contributed by atoms with Crippen LogP contribution in [0.3, 0.4) is 0 Å². The second kappa shape index (κ2) is 7.47. The lowest BCUT2D eigenvalue weighted by atomic mass is 10.2. The fourth-order valence-corrected chi connectivity index (χ4v) is 2.53. The maximum absolute atomic E-state index is 12.6. The molecule has 2 aromatic rings. The van der Waals surface area contributed by atoms with Crippen LogP contribution in [0.25, 0.3) is 0 Å². The molecule has 1 aromatic carbocycles. The molecule has 23 heavy (non-hydrogen) atoms. The molecule has 0 aliphatic heterocycles. The van der Waals surface area contributed by atoms with Crippen molar-refractivity contribution in [2.75, 3.05) is 11.1 Å². The molecule has 0 saturated carbocycles. The van der Waals surface area contributed by atoms with Gasteiger partial charge in [-0.3, -0.25) is 9.78 Å². The first kappa shape index (κ1) is 17.3. The van der Waals surface area contributed by atoms with E-state index in [1.165, 1.54) is 24.5 Å². The molecule has 0 atom stereocenters. The number of rotatable bonds is 5. The molecule has 122 valence electrons. The molecule has 0 radical (unpaired) electrons. The molecule has 1 aromatic heterocycles. The van der Waals surface area contributed by atoms with Crippen LogP contribution < -0.4 is 5.32 Å². The SMILES string of the molecule is O=C(CSc1cccc(C(F)(F)F)c1)Nc1cnccc1CO. The molecular weight excluding hydrogens is 329 g/mol. The van der Waals surface area contributed by atoms with Gasteiger partial charge in [-0.1, -0.05) is 6.07 Å². The summed E-state index contributed by atoms with van der Waals surface area (Å²) in [4.78, 5) is 16.1. The Hall–Kier alpha value is -2.06. The number of halogens is 3. The maximum atomic E-state index is 12.6. The highest BCUT2D eigenvalue weighted by Crippen LogP contribution is 2.31.